The Bertz CT molecular complexity index is 246. The summed E-state index contributed by atoms with van der Waals surface area (Å²) in [5.41, 5.74) is 3.60. The van der Waals surface area contributed by atoms with Gasteiger partial charge in [0.2, 0.25) is 0 Å². The Morgan fingerprint density at radius 2 is 1.93 bits per heavy atom. The van der Waals surface area contributed by atoms with E-state index >= 15 is 0 Å². The van der Waals surface area contributed by atoms with Crippen LogP contribution in [0.15, 0.2) is 36.1 Å². The monoisotopic (exact) mass is 193 g/mol. The van der Waals surface area contributed by atoms with Gasteiger partial charge in [0.25, 0.3) is 0 Å². The van der Waals surface area contributed by atoms with Crippen molar-refractivity contribution in [3.05, 3.63) is 36.1 Å². The van der Waals surface area contributed by atoms with E-state index in [9.17, 15) is 0 Å². The second-order valence-electron chi connectivity index (χ2n) is 3.92. The number of rotatable bonds is 5. The summed E-state index contributed by atoms with van der Waals surface area (Å²) < 4.78 is 0. The average molecular weight is 193 g/mol. The third kappa shape index (κ3) is 3.06. The van der Waals surface area contributed by atoms with Crippen LogP contribution in [0.3, 0.4) is 0 Å². The van der Waals surface area contributed by atoms with Crippen molar-refractivity contribution in [3.63, 3.8) is 0 Å². The highest BCUT2D eigenvalue weighted by Gasteiger charge is 2.09. The van der Waals surface area contributed by atoms with Gasteiger partial charge in [0.1, 0.15) is 0 Å². The maximum Gasteiger partial charge on any atom is 0.0363 e. The van der Waals surface area contributed by atoms with E-state index in [0.717, 1.165) is 12.2 Å². The first-order chi connectivity index (χ1) is 6.45. The van der Waals surface area contributed by atoms with Crippen molar-refractivity contribution in [3.8, 4) is 0 Å². The highest BCUT2D eigenvalue weighted by Crippen LogP contribution is 2.22. The van der Waals surface area contributed by atoms with Crippen LogP contribution in [0.4, 0.5) is 0 Å². The molecule has 0 N–H and O–H groups in total. The van der Waals surface area contributed by atoms with E-state index in [4.69, 9.17) is 0 Å². The minimum Gasteiger partial charge on any atom is -0.375 e. The summed E-state index contributed by atoms with van der Waals surface area (Å²) in [6.45, 7) is 17.6. The van der Waals surface area contributed by atoms with Crippen LogP contribution in [-0.4, -0.2) is 18.5 Å². The second kappa shape index (κ2) is 5.69. The van der Waals surface area contributed by atoms with Crippen molar-refractivity contribution >= 4 is 0 Å². The average Bonchev–Trinajstić information content (AvgIpc) is 2.17. The summed E-state index contributed by atoms with van der Waals surface area (Å²) in [5, 5.41) is 0. The lowest BCUT2D eigenvalue weighted by Crippen LogP contribution is -2.18. The zero-order chi connectivity index (χ0) is 11.3. The van der Waals surface area contributed by atoms with Crippen molar-refractivity contribution in [2.45, 2.75) is 27.7 Å². The third-order valence-electron chi connectivity index (χ3n) is 2.74. The molecule has 0 aromatic rings. The Hall–Kier alpha value is -0.980. The Balaban J connectivity index is 4.99. The molecule has 0 amide bonds. The maximum absolute atomic E-state index is 4.10. The van der Waals surface area contributed by atoms with E-state index in [-0.39, 0.29) is 0 Å². The van der Waals surface area contributed by atoms with Gasteiger partial charge in [0.05, 0.1) is 0 Å². The summed E-state index contributed by atoms with van der Waals surface area (Å²) in [7, 11) is 2.06. The van der Waals surface area contributed by atoms with Crippen molar-refractivity contribution in [1.82, 2.24) is 4.90 Å². The van der Waals surface area contributed by atoms with Gasteiger partial charge in [-0.15, -0.1) is 0 Å². The largest absolute Gasteiger partial charge is 0.375 e. The molecule has 1 nitrogen and oxygen atoms in total. The Morgan fingerprint density at radius 1 is 1.43 bits per heavy atom. The molecule has 0 rings (SSSR count). The zero-order valence-corrected chi connectivity index (χ0v) is 10.2. The molecule has 0 unspecified atom stereocenters. The van der Waals surface area contributed by atoms with E-state index in [2.05, 4.69) is 52.8 Å². The molecule has 1 heteroatoms. The molecule has 0 aliphatic rings. The fourth-order valence-corrected chi connectivity index (χ4v) is 1.21. The van der Waals surface area contributed by atoms with E-state index in [1.807, 2.05) is 6.08 Å². The molecular weight excluding hydrogens is 170 g/mol. The maximum atomic E-state index is 4.10. The van der Waals surface area contributed by atoms with Crippen LogP contribution >= 0.6 is 0 Å². The molecular formula is C13H23N. The fourth-order valence-electron chi connectivity index (χ4n) is 1.21. The van der Waals surface area contributed by atoms with Crippen LogP contribution in [-0.2, 0) is 0 Å². The molecule has 0 heterocycles. The molecule has 0 saturated carbocycles. The molecule has 0 aliphatic heterocycles. The molecule has 0 aromatic carbocycles. The molecule has 0 atom stereocenters. The molecule has 0 aliphatic carbocycles. The SMILES string of the molecule is C=C/C(C(=C)N(C)CC)=C(\C)C(C)C. The molecule has 0 spiro atoms. The van der Waals surface area contributed by atoms with Crippen molar-refractivity contribution in [2.24, 2.45) is 5.92 Å². The number of nitrogens with zero attached hydrogens (tertiary/aromatic N) is 1. The topological polar surface area (TPSA) is 3.24 Å². The number of hydrogen-bond acceptors (Lipinski definition) is 1. The standard InChI is InChI=1S/C13H23N/c1-8-13(11(5)10(3)4)12(6)14(7)9-2/h8,10H,1,6,9H2,2-5,7H3/b13-11-. The van der Waals surface area contributed by atoms with Crippen LogP contribution in [0.25, 0.3) is 0 Å². The fraction of sp³-hybridized carbons (Fsp3) is 0.538. The summed E-state index contributed by atoms with van der Waals surface area (Å²) >= 11 is 0. The quantitative estimate of drug-likeness (QED) is 0.603. The lowest BCUT2D eigenvalue weighted by molar-refractivity contribution is 0.452. The van der Waals surface area contributed by atoms with E-state index in [0.29, 0.717) is 5.92 Å². The molecule has 0 bridgehead atoms. The second-order valence-corrected chi connectivity index (χ2v) is 3.92. The first-order valence-corrected chi connectivity index (χ1v) is 5.19. The van der Waals surface area contributed by atoms with Crippen LogP contribution in [0.2, 0.25) is 0 Å². The number of allylic oxidation sites excluding steroid dienone is 2. The molecule has 80 valence electrons. The Kier molecular flexibility index (Phi) is 5.29. The normalized spacial score (nSPS) is 12.4. The molecule has 0 fully saturated rings. The highest BCUT2D eigenvalue weighted by atomic mass is 15.1. The van der Waals surface area contributed by atoms with Gasteiger partial charge in [-0.3, -0.25) is 0 Å². The van der Waals surface area contributed by atoms with E-state index in [1.165, 1.54) is 11.1 Å². The van der Waals surface area contributed by atoms with Gasteiger partial charge in [-0.2, -0.15) is 0 Å². The highest BCUT2D eigenvalue weighted by molar-refractivity contribution is 5.40. The first kappa shape index (κ1) is 13.0. The number of hydrogen-bond donors (Lipinski definition) is 0. The molecule has 0 radical (unpaired) electrons. The summed E-state index contributed by atoms with van der Waals surface area (Å²) in [4.78, 5) is 2.14. The lowest BCUT2D eigenvalue weighted by atomic mass is 9.97. The van der Waals surface area contributed by atoms with Crippen molar-refractivity contribution in [1.29, 1.82) is 0 Å². The Labute approximate surface area is 88.8 Å². The van der Waals surface area contributed by atoms with Crippen molar-refractivity contribution in [2.75, 3.05) is 13.6 Å². The minimum absolute atomic E-state index is 0.546. The third-order valence-corrected chi connectivity index (χ3v) is 2.74. The van der Waals surface area contributed by atoms with Gasteiger partial charge < -0.3 is 4.90 Å². The summed E-state index contributed by atoms with van der Waals surface area (Å²) in [5.74, 6) is 0.546. The molecule has 14 heavy (non-hydrogen) atoms. The summed E-state index contributed by atoms with van der Waals surface area (Å²) in [6.07, 6.45) is 1.91. The minimum atomic E-state index is 0.546. The van der Waals surface area contributed by atoms with Crippen molar-refractivity contribution < 1.29 is 0 Å². The van der Waals surface area contributed by atoms with Gasteiger partial charge >= 0.3 is 0 Å². The van der Waals surface area contributed by atoms with Gasteiger partial charge in [0, 0.05) is 19.3 Å². The summed E-state index contributed by atoms with van der Waals surface area (Å²) in [6, 6.07) is 0. The first-order valence-electron chi connectivity index (χ1n) is 5.19. The van der Waals surface area contributed by atoms with Crippen LogP contribution < -0.4 is 0 Å². The Morgan fingerprint density at radius 3 is 2.21 bits per heavy atom. The van der Waals surface area contributed by atoms with Gasteiger partial charge in [-0.25, -0.2) is 0 Å². The van der Waals surface area contributed by atoms with Crippen LogP contribution in [0, 0.1) is 5.92 Å². The van der Waals surface area contributed by atoms with E-state index < -0.39 is 0 Å². The predicted molar refractivity (Wildman–Crippen MR) is 65.2 cm³/mol. The molecule has 0 saturated heterocycles. The van der Waals surface area contributed by atoms with Gasteiger partial charge in [0.15, 0.2) is 0 Å². The smallest absolute Gasteiger partial charge is 0.0363 e. The zero-order valence-electron chi connectivity index (χ0n) is 10.2. The molecule has 0 aromatic heterocycles. The lowest BCUT2D eigenvalue weighted by Gasteiger charge is -2.23. The number of likely N-dealkylation sites (N-methyl/N-ethyl adjacent to an activating group) is 1. The van der Waals surface area contributed by atoms with Gasteiger partial charge in [-0.05, 0) is 25.3 Å². The van der Waals surface area contributed by atoms with Crippen LogP contribution in [0.1, 0.15) is 27.7 Å². The van der Waals surface area contributed by atoms with E-state index in [1.54, 1.807) is 0 Å². The van der Waals surface area contributed by atoms with Crippen LogP contribution in [0.5, 0.6) is 0 Å². The predicted octanol–water partition coefficient (Wildman–Crippen LogP) is 3.61. The van der Waals surface area contributed by atoms with Gasteiger partial charge in [-0.1, -0.05) is 38.7 Å².